The molecule has 0 aliphatic rings. The van der Waals surface area contributed by atoms with E-state index in [1.807, 2.05) is 0 Å². The van der Waals surface area contributed by atoms with Gasteiger partial charge in [-0.3, -0.25) is 15.0 Å². The summed E-state index contributed by atoms with van der Waals surface area (Å²) in [6.45, 7) is 1.75. The Morgan fingerprint density at radius 2 is 1.77 bits per heavy atom. The van der Waals surface area contributed by atoms with Gasteiger partial charge in [-0.15, -0.1) is 0 Å². The summed E-state index contributed by atoms with van der Waals surface area (Å²) in [5.41, 5.74) is 0.127. The van der Waals surface area contributed by atoms with Crippen LogP contribution in [0.3, 0.4) is 0 Å². The molecule has 2 aromatic carbocycles. The molecular formula is C23H30BFN2O4. The van der Waals surface area contributed by atoms with E-state index in [1.54, 1.807) is 27.7 Å². The van der Waals surface area contributed by atoms with Crippen molar-refractivity contribution in [3.63, 3.8) is 0 Å². The van der Waals surface area contributed by atoms with Crippen molar-refractivity contribution in [3.05, 3.63) is 64.5 Å². The van der Waals surface area contributed by atoms with Gasteiger partial charge in [-0.1, -0.05) is 51.0 Å². The lowest BCUT2D eigenvalue weighted by Gasteiger charge is -2.39. The molecule has 2 amide bonds. The highest BCUT2D eigenvalue weighted by Gasteiger charge is 2.34. The molecule has 0 aliphatic carbocycles. The summed E-state index contributed by atoms with van der Waals surface area (Å²) in [4.78, 5) is 26.8. The highest BCUT2D eigenvalue weighted by molar-refractivity contribution is 6.58. The lowest BCUT2D eigenvalue weighted by Crippen LogP contribution is -2.56. The van der Waals surface area contributed by atoms with Gasteiger partial charge in [0, 0.05) is 13.8 Å². The third-order valence-corrected chi connectivity index (χ3v) is 4.85. The van der Waals surface area contributed by atoms with Gasteiger partial charge in [-0.25, -0.2) is 9.40 Å². The van der Waals surface area contributed by atoms with Crippen LogP contribution in [0, 0.1) is 24.9 Å². The average molecular weight is 434 g/mol. The Bertz CT molecular complexity index is 1130. The van der Waals surface area contributed by atoms with Crippen molar-refractivity contribution in [3.8, 4) is 0 Å². The van der Waals surface area contributed by atoms with Gasteiger partial charge in [0.2, 0.25) is 0 Å². The monoisotopic (exact) mass is 434 g/mol. The van der Waals surface area contributed by atoms with Gasteiger partial charge in [0.05, 0.1) is 11.6 Å². The molecule has 0 spiro atoms. The SMILES string of the molecule is [2H]C([2H])([2H])c1cc(C(=O)N(NC(=O)c2ccc(B(O)O)cc2F)[C@H](CC)C(C)(C)C)cc(C([2H])([2H])[2H])c1. The molecule has 6 nitrogen and oxygen atoms in total. The third-order valence-electron chi connectivity index (χ3n) is 4.85. The maximum absolute atomic E-state index is 14.6. The van der Waals surface area contributed by atoms with Crippen molar-refractivity contribution >= 4 is 24.4 Å². The number of nitrogens with one attached hydrogen (secondary N) is 1. The fourth-order valence-electron chi connectivity index (χ4n) is 3.39. The number of hydrogen-bond donors (Lipinski definition) is 3. The predicted octanol–water partition coefficient (Wildman–Crippen LogP) is 2.73. The summed E-state index contributed by atoms with van der Waals surface area (Å²) in [5.74, 6) is -2.96. The highest BCUT2D eigenvalue weighted by atomic mass is 19.1. The Morgan fingerprint density at radius 1 is 1.16 bits per heavy atom. The second-order valence-electron chi connectivity index (χ2n) is 8.32. The van der Waals surface area contributed by atoms with E-state index in [4.69, 9.17) is 8.22 Å². The van der Waals surface area contributed by atoms with Crippen LogP contribution in [-0.2, 0) is 0 Å². The van der Waals surface area contributed by atoms with Gasteiger partial charge in [-0.2, -0.15) is 0 Å². The number of hydrazine groups is 1. The van der Waals surface area contributed by atoms with Crippen LogP contribution < -0.4 is 10.9 Å². The summed E-state index contributed by atoms with van der Waals surface area (Å²) in [6.07, 6.45) is 0.332. The molecule has 0 fully saturated rings. The molecule has 2 aromatic rings. The van der Waals surface area contributed by atoms with Crippen LogP contribution in [0.25, 0.3) is 0 Å². The molecule has 0 aliphatic heterocycles. The standard InChI is InChI=1S/C23H30BFN2O4/c1-7-20(23(4,5)6)27(22(29)16-11-14(2)10-15(3)12-16)26-21(28)18-9-8-17(24(30)31)13-19(18)25/h8-13,20,30-31H,7H2,1-6H3,(H,26,28)/t20-/m1/s1/i2D3,3D3. The van der Waals surface area contributed by atoms with Crippen LogP contribution in [0.2, 0.25) is 0 Å². The number of rotatable bonds is 5. The molecular weight excluding hydrogens is 398 g/mol. The zero-order valence-corrected chi connectivity index (χ0v) is 17.9. The molecule has 0 heterocycles. The Kier molecular flexibility index (Phi) is 5.25. The highest BCUT2D eigenvalue weighted by Crippen LogP contribution is 2.27. The van der Waals surface area contributed by atoms with Crippen LogP contribution in [0.5, 0.6) is 0 Å². The Labute approximate surface area is 191 Å². The van der Waals surface area contributed by atoms with Crippen molar-refractivity contribution in [2.45, 2.75) is 53.9 Å². The minimum absolute atomic E-state index is 0.179. The van der Waals surface area contributed by atoms with E-state index in [1.165, 1.54) is 0 Å². The first kappa shape index (κ1) is 16.9. The number of aryl methyl sites for hydroxylation is 2. The zero-order valence-electron chi connectivity index (χ0n) is 23.9. The van der Waals surface area contributed by atoms with E-state index < -0.39 is 55.5 Å². The summed E-state index contributed by atoms with van der Waals surface area (Å²) >= 11 is 0. The lowest BCUT2D eigenvalue weighted by atomic mass is 9.80. The average Bonchev–Trinajstić information content (AvgIpc) is 2.75. The number of benzene rings is 2. The van der Waals surface area contributed by atoms with Gasteiger partial charge in [0.15, 0.2) is 0 Å². The van der Waals surface area contributed by atoms with E-state index >= 15 is 0 Å². The first-order valence-electron chi connectivity index (χ1n) is 12.7. The second-order valence-corrected chi connectivity index (χ2v) is 8.32. The van der Waals surface area contributed by atoms with E-state index in [2.05, 4.69) is 5.43 Å². The van der Waals surface area contributed by atoms with Crippen LogP contribution in [0.4, 0.5) is 4.39 Å². The Balaban J connectivity index is 2.63. The van der Waals surface area contributed by atoms with Gasteiger partial charge >= 0.3 is 7.12 Å². The summed E-state index contributed by atoms with van der Waals surface area (Å²) in [7, 11) is -1.95. The van der Waals surface area contributed by atoms with Gasteiger partial charge in [0.1, 0.15) is 5.82 Å². The van der Waals surface area contributed by atoms with Crippen molar-refractivity contribution in [2.75, 3.05) is 0 Å². The lowest BCUT2D eigenvalue weighted by molar-refractivity contribution is 0.0283. The van der Waals surface area contributed by atoms with Crippen LogP contribution in [0.1, 0.15) is 74.2 Å². The van der Waals surface area contributed by atoms with E-state index in [9.17, 15) is 24.0 Å². The molecule has 166 valence electrons. The molecule has 1 atom stereocenters. The topological polar surface area (TPSA) is 89.9 Å². The number of amides is 2. The predicted molar refractivity (Wildman–Crippen MR) is 119 cm³/mol. The third kappa shape index (κ3) is 5.92. The fourth-order valence-corrected chi connectivity index (χ4v) is 3.39. The van der Waals surface area contributed by atoms with E-state index in [0.717, 1.165) is 41.4 Å². The minimum atomic E-state index is -2.71. The quantitative estimate of drug-likeness (QED) is 0.499. The minimum Gasteiger partial charge on any atom is -0.423 e. The van der Waals surface area contributed by atoms with E-state index in [0.29, 0.717) is 6.42 Å². The van der Waals surface area contributed by atoms with Crippen LogP contribution >= 0.6 is 0 Å². The number of halogens is 1. The molecule has 2 rings (SSSR count). The van der Waals surface area contributed by atoms with Crippen LogP contribution in [-0.4, -0.2) is 40.0 Å². The number of carbonyl (C=O) groups excluding carboxylic acids is 2. The molecule has 0 unspecified atom stereocenters. The zero-order chi connectivity index (χ0) is 28.5. The van der Waals surface area contributed by atoms with E-state index in [-0.39, 0.29) is 22.2 Å². The molecule has 31 heavy (non-hydrogen) atoms. The smallest absolute Gasteiger partial charge is 0.423 e. The number of hydrogen-bond acceptors (Lipinski definition) is 4. The molecule has 0 saturated carbocycles. The summed E-state index contributed by atoms with van der Waals surface area (Å²) in [6, 6.07) is 5.37. The first-order valence-corrected chi connectivity index (χ1v) is 9.73. The van der Waals surface area contributed by atoms with Crippen molar-refractivity contribution in [1.82, 2.24) is 10.4 Å². The summed E-state index contributed by atoms with van der Waals surface area (Å²) < 4.78 is 60.9. The Morgan fingerprint density at radius 3 is 2.23 bits per heavy atom. The van der Waals surface area contributed by atoms with Crippen molar-refractivity contribution in [2.24, 2.45) is 5.41 Å². The van der Waals surface area contributed by atoms with Gasteiger partial charge < -0.3 is 10.0 Å². The van der Waals surface area contributed by atoms with Crippen LogP contribution in [0.15, 0.2) is 36.4 Å². The first-order chi connectivity index (χ1) is 16.8. The normalized spacial score (nSPS) is 16.0. The molecule has 0 saturated heterocycles. The largest absolute Gasteiger partial charge is 0.488 e. The summed E-state index contributed by atoms with van der Waals surface area (Å²) in [5, 5.41) is 19.4. The number of nitrogens with zero attached hydrogens (tertiary/aromatic N) is 1. The van der Waals surface area contributed by atoms with Gasteiger partial charge in [-0.05, 0) is 55.3 Å². The molecule has 0 bridgehead atoms. The van der Waals surface area contributed by atoms with Crippen molar-refractivity contribution < 1.29 is 32.3 Å². The van der Waals surface area contributed by atoms with Gasteiger partial charge in [0.25, 0.3) is 11.8 Å². The fraction of sp³-hybridized carbons (Fsp3) is 0.391. The van der Waals surface area contributed by atoms with Crippen molar-refractivity contribution in [1.29, 1.82) is 0 Å². The molecule has 0 aromatic heterocycles. The maximum Gasteiger partial charge on any atom is 0.488 e. The second kappa shape index (κ2) is 9.62. The Hall–Kier alpha value is -2.71. The molecule has 3 N–H and O–H groups in total. The molecule has 8 heteroatoms. The maximum atomic E-state index is 14.6. The molecule has 0 radical (unpaired) electrons. The number of carbonyl (C=O) groups is 2.